The predicted molar refractivity (Wildman–Crippen MR) is 77.4 cm³/mol. The Morgan fingerprint density at radius 1 is 1.25 bits per heavy atom. The van der Waals surface area contributed by atoms with Gasteiger partial charge in [0.15, 0.2) is 0 Å². The zero-order valence-corrected chi connectivity index (χ0v) is 12.2. The number of amides is 2. The van der Waals surface area contributed by atoms with E-state index >= 15 is 0 Å². The monoisotopic (exact) mass is 278 g/mol. The molecule has 0 fully saturated rings. The van der Waals surface area contributed by atoms with E-state index in [2.05, 4.69) is 10.6 Å². The second-order valence-corrected chi connectivity index (χ2v) is 4.69. The van der Waals surface area contributed by atoms with Crippen LogP contribution in [0.2, 0.25) is 0 Å². The largest absolute Gasteiger partial charge is 0.375 e. The van der Waals surface area contributed by atoms with E-state index < -0.39 is 0 Å². The van der Waals surface area contributed by atoms with Gasteiger partial charge in [0.1, 0.15) is 6.61 Å². The summed E-state index contributed by atoms with van der Waals surface area (Å²) in [7, 11) is 1.48. The number of ether oxygens (including phenoxy) is 1. The second kappa shape index (κ2) is 8.32. The van der Waals surface area contributed by atoms with E-state index in [0.717, 1.165) is 12.0 Å². The Balaban J connectivity index is 2.51. The molecule has 0 saturated heterocycles. The van der Waals surface area contributed by atoms with Gasteiger partial charge in [0.2, 0.25) is 5.91 Å². The van der Waals surface area contributed by atoms with Gasteiger partial charge >= 0.3 is 0 Å². The number of carbonyl (C=O) groups is 2. The van der Waals surface area contributed by atoms with Crippen LogP contribution in [0, 0.1) is 0 Å². The Morgan fingerprint density at radius 2 is 1.90 bits per heavy atom. The third-order valence-electron chi connectivity index (χ3n) is 2.97. The normalized spacial score (nSPS) is 11.8. The van der Waals surface area contributed by atoms with E-state index in [9.17, 15) is 9.59 Å². The molecule has 0 saturated carbocycles. The maximum atomic E-state index is 11.9. The molecule has 1 aromatic carbocycles. The average molecular weight is 278 g/mol. The maximum absolute atomic E-state index is 11.9. The van der Waals surface area contributed by atoms with Crippen molar-refractivity contribution in [3.63, 3.8) is 0 Å². The Hall–Kier alpha value is -1.88. The lowest BCUT2D eigenvalue weighted by molar-refractivity contribution is -0.124. The number of nitrogens with one attached hydrogen (secondary N) is 2. The van der Waals surface area contributed by atoms with Gasteiger partial charge in [-0.15, -0.1) is 0 Å². The molecule has 2 amide bonds. The van der Waals surface area contributed by atoms with Crippen LogP contribution in [-0.4, -0.2) is 31.6 Å². The predicted octanol–water partition coefficient (Wildman–Crippen LogP) is 1.48. The zero-order valence-electron chi connectivity index (χ0n) is 12.2. The van der Waals surface area contributed by atoms with Crippen molar-refractivity contribution in [3.05, 3.63) is 35.4 Å². The summed E-state index contributed by atoms with van der Waals surface area (Å²) in [6.45, 7) is 4.47. The van der Waals surface area contributed by atoms with Crippen molar-refractivity contribution in [2.45, 2.75) is 32.9 Å². The Labute approximate surface area is 119 Å². The Morgan fingerprint density at radius 3 is 2.45 bits per heavy atom. The quantitative estimate of drug-likeness (QED) is 0.794. The number of carbonyl (C=O) groups excluding carboxylic acids is 2. The van der Waals surface area contributed by atoms with Crippen molar-refractivity contribution in [3.8, 4) is 0 Å². The van der Waals surface area contributed by atoms with Gasteiger partial charge < -0.3 is 15.4 Å². The van der Waals surface area contributed by atoms with Crippen molar-refractivity contribution in [1.82, 2.24) is 10.6 Å². The van der Waals surface area contributed by atoms with E-state index in [1.807, 2.05) is 26.0 Å². The highest BCUT2D eigenvalue weighted by Crippen LogP contribution is 2.05. The van der Waals surface area contributed by atoms with Crippen LogP contribution in [0.3, 0.4) is 0 Å². The average Bonchev–Trinajstić information content (AvgIpc) is 2.45. The minimum atomic E-state index is -0.161. The minimum Gasteiger partial charge on any atom is -0.375 e. The smallest absolute Gasteiger partial charge is 0.251 e. The first-order chi connectivity index (χ1) is 9.56. The van der Waals surface area contributed by atoms with E-state index in [1.54, 1.807) is 12.1 Å². The third kappa shape index (κ3) is 5.40. The highest BCUT2D eigenvalue weighted by Gasteiger charge is 2.08. The summed E-state index contributed by atoms with van der Waals surface area (Å²) in [5.74, 6) is -0.236. The molecule has 1 rings (SSSR count). The van der Waals surface area contributed by atoms with E-state index in [4.69, 9.17) is 4.74 Å². The molecule has 0 bridgehead atoms. The molecular formula is C15H22N2O3. The van der Waals surface area contributed by atoms with Crippen molar-refractivity contribution in [2.24, 2.45) is 0 Å². The second-order valence-electron chi connectivity index (χ2n) is 4.69. The molecule has 5 heteroatoms. The highest BCUT2D eigenvalue weighted by atomic mass is 16.5. The van der Waals surface area contributed by atoms with E-state index in [1.165, 1.54) is 7.11 Å². The lowest BCUT2D eigenvalue weighted by Crippen LogP contribution is -2.31. The molecule has 0 unspecified atom stereocenters. The van der Waals surface area contributed by atoms with Gasteiger partial charge in [0.05, 0.1) is 0 Å². The maximum Gasteiger partial charge on any atom is 0.251 e. The molecule has 0 aromatic heterocycles. The van der Waals surface area contributed by atoms with Gasteiger partial charge in [-0.05, 0) is 31.0 Å². The molecule has 0 radical (unpaired) electrons. The van der Waals surface area contributed by atoms with Gasteiger partial charge in [-0.2, -0.15) is 0 Å². The summed E-state index contributed by atoms with van der Waals surface area (Å²) in [6.07, 6.45) is 0.898. The lowest BCUT2D eigenvalue weighted by atomic mass is 10.1. The number of hydrogen-bond acceptors (Lipinski definition) is 3. The summed E-state index contributed by atoms with van der Waals surface area (Å²) in [4.78, 5) is 23.1. The fourth-order valence-electron chi connectivity index (χ4n) is 1.57. The first-order valence-electron chi connectivity index (χ1n) is 6.72. The Bertz CT molecular complexity index is 443. The molecule has 20 heavy (non-hydrogen) atoms. The highest BCUT2D eigenvalue weighted by molar-refractivity contribution is 5.94. The molecule has 0 spiro atoms. The number of methoxy groups -OCH3 is 1. The molecule has 0 aliphatic carbocycles. The molecule has 0 aliphatic rings. The molecule has 1 atom stereocenters. The third-order valence-corrected chi connectivity index (χ3v) is 2.97. The van der Waals surface area contributed by atoms with Gasteiger partial charge in [-0.1, -0.05) is 19.1 Å². The van der Waals surface area contributed by atoms with Gasteiger partial charge in [0, 0.05) is 25.3 Å². The van der Waals surface area contributed by atoms with Crippen molar-refractivity contribution in [2.75, 3.05) is 13.7 Å². The molecule has 2 N–H and O–H groups in total. The Kier molecular flexibility index (Phi) is 6.73. The van der Waals surface area contributed by atoms with E-state index in [-0.39, 0.29) is 24.5 Å². The summed E-state index contributed by atoms with van der Waals surface area (Å²) in [5.41, 5.74) is 1.56. The first-order valence-corrected chi connectivity index (χ1v) is 6.72. The fraction of sp³-hybridized carbons (Fsp3) is 0.467. The van der Waals surface area contributed by atoms with Crippen molar-refractivity contribution >= 4 is 11.8 Å². The molecule has 0 heterocycles. The van der Waals surface area contributed by atoms with Crippen molar-refractivity contribution < 1.29 is 14.3 Å². The molecule has 0 aliphatic heterocycles. The van der Waals surface area contributed by atoms with Crippen LogP contribution in [0.5, 0.6) is 0 Å². The fourth-order valence-corrected chi connectivity index (χ4v) is 1.57. The van der Waals surface area contributed by atoms with Gasteiger partial charge in [-0.3, -0.25) is 9.59 Å². The number of rotatable bonds is 7. The van der Waals surface area contributed by atoms with Crippen LogP contribution in [0.25, 0.3) is 0 Å². The molecule has 1 aromatic rings. The summed E-state index contributed by atoms with van der Waals surface area (Å²) < 4.78 is 4.73. The van der Waals surface area contributed by atoms with Crippen LogP contribution in [-0.2, 0) is 16.1 Å². The lowest BCUT2D eigenvalue weighted by Gasteiger charge is -2.11. The SMILES string of the molecule is CC[C@H](C)NC(=O)c1ccc(CNC(=O)COC)cc1. The van der Waals surface area contributed by atoms with E-state index in [0.29, 0.717) is 12.1 Å². The molecule has 5 nitrogen and oxygen atoms in total. The standard InChI is InChI=1S/C15H22N2O3/c1-4-11(2)17-15(19)13-7-5-12(6-8-13)9-16-14(18)10-20-3/h5-8,11H,4,9-10H2,1-3H3,(H,16,18)(H,17,19)/t11-/m0/s1. The first kappa shape index (κ1) is 16.2. The van der Waals surface area contributed by atoms with Crippen molar-refractivity contribution in [1.29, 1.82) is 0 Å². The minimum absolute atomic E-state index is 0.0510. The van der Waals surface area contributed by atoms with Crippen LogP contribution >= 0.6 is 0 Å². The zero-order chi connectivity index (χ0) is 15.0. The van der Waals surface area contributed by atoms with Gasteiger partial charge in [0.25, 0.3) is 5.91 Å². The van der Waals surface area contributed by atoms with Gasteiger partial charge in [-0.25, -0.2) is 0 Å². The number of hydrogen-bond donors (Lipinski definition) is 2. The topological polar surface area (TPSA) is 67.4 Å². The summed E-state index contributed by atoms with van der Waals surface area (Å²) >= 11 is 0. The molecule has 110 valence electrons. The van der Waals surface area contributed by atoms with Crippen LogP contribution in [0.1, 0.15) is 36.2 Å². The number of benzene rings is 1. The van der Waals surface area contributed by atoms with Crippen LogP contribution < -0.4 is 10.6 Å². The van der Waals surface area contributed by atoms with Crippen LogP contribution in [0.15, 0.2) is 24.3 Å². The summed E-state index contributed by atoms with van der Waals surface area (Å²) in [6, 6.07) is 7.35. The van der Waals surface area contributed by atoms with Crippen LogP contribution in [0.4, 0.5) is 0 Å². The molecular weight excluding hydrogens is 256 g/mol. The summed E-state index contributed by atoms with van der Waals surface area (Å²) in [5, 5.41) is 5.63.